The normalized spacial score (nSPS) is 44.4. The minimum atomic E-state index is -0.729. The second-order valence-electron chi connectivity index (χ2n) is 5.56. The molecule has 16 heavy (non-hydrogen) atoms. The van der Waals surface area contributed by atoms with E-state index in [0.717, 1.165) is 12.3 Å². The third-order valence-corrected chi connectivity index (χ3v) is 4.72. The van der Waals surface area contributed by atoms with Crippen LogP contribution >= 0.6 is 0 Å². The molecule has 3 fully saturated rings. The standard InChI is InChI=1S/C12H17NO3/c14-11(10-5-6-1-2-9(6)10)13-8-3-7(4-8)12(15)16/h6-10H,1-5H2,(H,13,14)(H,15,16)/t6-,7?,8?,9-,10?/m0/s1. The van der Waals surface area contributed by atoms with Crippen LogP contribution in [0.1, 0.15) is 32.1 Å². The topological polar surface area (TPSA) is 66.4 Å². The van der Waals surface area contributed by atoms with Crippen LogP contribution in [0.4, 0.5) is 0 Å². The van der Waals surface area contributed by atoms with E-state index in [1.54, 1.807) is 0 Å². The smallest absolute Gasteiger partial charge is 0.306 e. The Labute approximate surface area is 94.4 Å². The van der Waals surface area contributed by atoms with Gasteiger partial charge in [0.2, 0.25) is 5.91 Å². The highest BCUT2D eigenvalue weighted by molar-refractivity contribution is 5.81. The lowest BCUT2D eigenvalue weighted by Gasteiger charge is -2.52. The maximum Gasteiger partial charge on any atom is 0.306 e. The maximum atomic E-state index is 11.8. The van der Waals surface area contributed by atoms with Crippen LogP contribution in [-0.4, -0.2) is 23.0 Å². The van der Waals surface area contributed by atoms with E-state index >= 15 is 0 Å². The first-order valence-corrected chi connectivity index (χ1v) is 6.18. The first-order chi connectivity index (χ1) is 7.65. The molecule has 0 heterocycles. The van der Waals surface area contributed by atoms with Crippen LogP contribution < -0.4 is 5.32 Å². The molecule has 0 spiro atoms. The number of carboxylic acids is 1. The van der Waals surface area contributed by atoms with Crippen LogP contribution in [0.15, 0.2) is 0 Å². The predicted octanol–water partition coefficient (Wildman–Crippen LogP) is 1.01. The number of fused-ring (bicyclic) bond motifs is 1. The number of carbonyl (C=O) groups is 2. The van der Waals surface area contributed by atoms with E-state index in [2.05, 4.69) is 5.32 Å². The minimum Gasteiger partial charge on any atom is -0.481 e. The van der Waals surface area contributed by atoms with Crippen molar-refractivity contribution < 1.29 is 14.7 Å². The Bertz CT molecular complexity index is 335. The molecule has 88 valence electrons. The first kappa shape index (κ1) is 10.1. The van der Waals surface area contributed by atoms with E-state index in [9.17, 15) is 9.59 Å². The fourth-order valence-electron chi connectivity index (χ4n) is 3.27. The Morgan fingerprint density at radius 2 is 1.88 bits per heavy atom. The molecule has 3 aliphatic carbocycles. The highest BCUT2D eigenvalue weighted by atomic mass is 16.4. The van der Waals surface area contributed by atoms with Gasteiger partial charge in [0.25, 0.3) is 0 Å². The highest BCUT2D eigenvalue weighted by Gasteiger charge is 2.50. The summed E-state index contributed by atoms with van der Waals surface area (Å²) >= 11 is 0. The molecule has 3 aliphatic rings. The Kier molecular flexibility index (Phi) is 2.19. The fraction of sp³-hybridized carbons (Fsp3) is 0.833. The van der Waals surface area contributed by atoms with Gasteiger partial charge in [0.15, 0.2) is 0 Å². The summed E-state index contributed by atoms with van der Waals surface area (Å²) in [5, 5.41) is 11.7. The van der Waals surface area contributed by atoms with Gasteiger partial charge in [-0.1, -0.05) is 0 Å². The predicted molar refractivity (Wildman–Crippen MR) is 56.6 cm³/mol. The summed E-state index contributed by atoms with van der Waals surface area (Å²) in [7, 11) is 0. The van der Waals surface area contributed by atoms with E-state index in [1.807, 2.05) is 0 Å². The third-order valence-electron chi connectivity index (χ3n) is 4.72. The summed E-state index contributed by atoms with van der Waals surface area (Å²) in [6.45, 7) is 0. The summed E-state index contributed by atoms with van der Waals surface area (Å²) in [5.41, 5.74) is 0. The number of rotatable bonds is 3. The fourth-order valence-corrected chi connectivity index (χ4v) is 3.27. The lowest BCUT2D eigenvalue weighted by atomic mass is 9.53. The number of carboxylic acid groups (broad SMARTS) is 1. The molecular weight excluding hydrogens is 206 g/mol. The third kappa shape index (κ3) is 1.43. The Morgan fingerprint density at radius 3 is 2.31 bits per heavy atom. The van der Waals surface area contributed by atoms with Crippen LogP contribution in [0.3, 0.4) is 0 Å². The molecule has 0 radical (unpaired) electrons. The van der Waals surface area contributed by atoms with Crippen molar-refractivity contribution in [3.63, 3.8) is 0 Å². The Balaban J connectivity index is 1.43. The van der Waals surface area contributed by atoms with Crippen LogP contribution in [-0.2, 0) is 9.59 Å². The second-order valence-corrected chi connectivity index (χ2v) is 5.56. The highest BCUT2D eigenvalue weighted by Crippen LogP contribution is 2.54. The number of amides is 1. The van der Waals surface area contributed by atoms with Crippen LogP contribution in [0, 0.1) is 23.7 Å². The zero-order valence-electron chi connectivity index (χ0n) is 9.19. The van der Waals surface area contributed by atoms with E-state index in [1.165, 1.54) is 12.8 Å². The van der Waals surface area contributed by atoms with E-state index in [-0.39, 0.29) is 23.8 Å². The van der Waals surface area contributed by atoms with Crippen molar-refractivity contribution in [2.24, 2.45) is 23.7 Å². The van der Waals surface area contributed by atoms with Crippen molar-refractivity contribution in [3.8, 4) is 0 Å². The molecule has 4 nitrogen and oxygen atoms in total. The van der Waals surface area contributed by atoms with Crippen molar-refractivity contribution in [1.82, 2.24) is 5.32 Å². The molecule has 1 unspecified atom stereocenters. The molecular formula is C12H17NO3. The molecule has 3 rings (SSSR count). The van der Waals surface area contributed by atoms with Gasteiger partial charge in [-0.15, -0.1) is 0 Å². The zero-order valence-corrected chi connectivity index (χ0v) is 9.19. The molecule has 2 N–H and O–H groups in total. The largest absolute Gasteiger partial charge is 0.481 e. The number of carbonyl (C=O) groups excluding carboxylic acids is 1. The number of hydrogen-bond donors (Lipinski definition) is 2. The maximum absolute atomic E-state index is 11.8. The molecule has 0 aromatic heterocycles. The van der Waals surface area contributed by atoms with Crippen molar-refractivity contribution in [2.45, 2.75) is 38.1 Å². The molecule has 0 aromatic rings. The summed E-state index contributed by atoms with van der Waals surface area (Å²) in [6.07, 6.45) is 4.81. The van der Waals surface area contributed by atoms with Gasteiger partial charge < -0.3 is 10.4 Å². The first-order valence-electron chi connectivity index (χ1n) is 6.18. The molecule has 3 atom stereocenters. The summed E-state index contributed by atoms with van der Waals surface area (Å²) < 4.78 is 0. The number of aliphatic carboxylic acids is 1. The molecule has 3 saturated carbocycles. The van der Waals surface area contributed by atoms with E-state index in [4.69, 9.17) is 5.11 Å². The molecule has 0 aliphatic heterocycles. The van der Waals surface area contributed by atoms with E-state index < -0.39 is 5.97 Å². The Morgan fingerprint density at radius 1 is 1.12 bits per heavy atom. The molecule has 0 saturated heterocycles. The average molecular weight is 223 g/mol. The summed E-state index contributed by atoms with van der Waals surface area (Å²) in [4.78, 5) is 22.4. The lowest BCUT2D eigenvalue weighted by Crippen LogP contribution is -2.55. The van der Waals surface area contributed by atoms with Gasteiger partial charge in [-0.05, 0) is 43.9 Å². The molecule has 4 heteroatoms. The van der Waals surface area contributed by atoms with Gasteiger partial charge >= 0.3 is 5.97 Å². The minimum absolute atomic E-state index is 0.118. The summed E-state index contributed by atoms with van der Waals surface area (Å²) in [6, 6.07) is 0.118. The average Bonchev–Trinajstić information content (AvgIpc) is 2.14. The molecule has 1 amide bonds. The van der Waals surface area contributed by atoms with Gasteiger partial charge in [-0.25, -0.2) is 0 Å². The number of hydrogen-bond acceptors (Lipinski definition) is 2. The zero-order chi connectivity index (χ0) is 11.3. The van der Waals surface area contributed by atoms with Gasteiger partial charge in [0, 0.05) is 12.0 Å². The van der Waals surface area contributed by atoms with Crippen LogP contribution in [0.5, 0.6) is 0 Å². The summed E-state index contributed by atoms with van der Waals surface area (Å²) in [5.74, 6) is 0.924. The van der Waals surface area contributed by atoms with Gasteiger partial charge in [0.05, 0.1) is 5.92 Å². The van der Waals surface area contributed by atoms with Crippen molar-refractivity contribution in [3.05, 3.63) is 0 Å². The lowest BCUT2D eigenvalue weighted by molar-refractivity contribution is -0.148. The van der Waals surface area contributed by atoms with Crippen LogP contribution in [0.25, 0.3) is 0 Å². The van der Waals surface area contributed by atoms with Gasteiger partial charge in [-0.2, -0.15) is 0 Å². The van der Waals surface area contributed by atoms with Crippen molar-refractivity contribution in [1.29, 1.82) is 0 Å². The molecule has 0 bridgehead atoms. The monoisotopic (exact) mass is 223 g/mol. The van der Waals surface area contributed by atoms with Gasteiger partial charge in [-0.3, -0.25) is 9.59 Å². The SMILES string of the molecule is O=C(O)C1CC(NC(=O)C2C[C@@H]3CC[C@H]23)C1. The van der Waals surface area contributed by atoms with Crippen molar-refractivity contribution >= 4 is 11.9 Å². The quantitative estimate of drug-likeness (QED) is 0.750. The van der Waals surface area contributed by atoms with Gasteiger partial charge in [0.1, 0.15) is 0 Å². The second kappa shape index (κ2) is 3.47. The molecule has 0 aromatic carbocycles. The Hall–Kier alpha value is -1.06. The number of nitrogens with one attached hydrogen (secondary N) is 1. The van der Waals surface area contributed by atoms with Crippen LogP contribution in [0.2, 0.25) is 0 Å². The van der Waals surface area contributed by atoms with Crippen molar-refractivity contribution in [2.75, 3.05) is 0 Å². The van der Waals surface area contributed by atoms with E-state index in [0.29, 0.717) is 18.8 Å².